The summed E-state index contributed by atoms with van der Waals surface area (Å²) in [5.41, 5.74) is 3.04. The first-order chi connectivity index (χ1) is 12.4. The van der Waals surface area contributed by atoms with E-state index in [1.807, 2.05) is 19.9 Å². The third kappa shape index (κ3) is 5.62. The number of nitrogens with one attached hydrogen (secondary N) is 3. The van der Waals surface area contributed by atoms with Crippen LogP contribution in [-0.2, 0) is 14.4 Å². The number of amides is 3. The molecular weight excluding hydrogens is 334 g/mol. The molecule has 0 unspecified atom stereocenters. The summed E-state index contributed by atoms with van der Waals surface area (Å²) in [7, 11) is 1.55. The van der Waals surface area contributed by atoms with Crippen LogP contribution in [-0.4, -0.2) is 31.4 Å². The van der Waals surface area contributed by atoms with Gasteiger partial charge in [-0.3, -0.25) is 14.4 Å². The van der Waals surface area contributed by atoms with Crippen LogP contribution in [0.5, 0.6) is 5.75 Å². The van der Waals surface area contributed by atoms with Gasteiger partial charge < -0.3 is 20.7 Å². The Morgan fingerprint density at radius 3 is 2.04 bits per heavy atom. The van der Waals surface area contributed by atoms with Gasteiger partial charge in [0.25, 0.3) is 0 Å². The van der Waals surface area contributed by atoms with Crippen molar-refractivity contribution in [1.29, 1.82) is 0 Å². The summed E-state index contributed by atoms with van der Waals surface area (Å²) >= 11 is 0. The average molecular weight is 355 g/mol. The summed E-state index contributed by atoms with van der Waals surface area (Å²) in [6.07, 6.45) is 0. The first kappa shape index (κ1) is 19.0. The highest BCUT2D eigenvalue weighted by Gasteiger charge is 2.15. The molecule has 136 valence electrons. The highest BCUT2D eigenvalue weighted by atomic mass is 16.5. The normalized spacial score (nSPS) is 9.96. The van der Waals surface area contributed by atoms with Crippen molar-refractivity contribution in [2.75, 3.05) is 24.3 Å². The van der Waals surface area contributed by atoms with E-state index in [1.54, 1.807) is 43.5 Å². The molecule has 0 saturated heterocycles. The maximum absolute atomic E-state index is 11.9. The molecule has 0 saturated carbocycles. The molecule has 3 N–H and O–H groups in total. The van der Waals surface area contributed by atoms with Gasteiger partial charge in [0.2, 0.25) is 5.91 Å². The molecule has 3 amide bonds. The van der Waals surface area contributed by atoms with Crippen LogP contribution in [0.1, 0.15) is 11.1 Å². The van der Waals surface area contributed by atoms with Gasteiger partial charge in [0.1, 0.15) is 5.75 Å². The second-order valence-electron chi connectivity index (χ2n) is 5.79. The van der Waals surface area contributed by atoms with Gasteiger partial charge in [-0.15, -0.1) is 0 Å². The van der Waals surface area contributed by atoms with Gasteiger partial charge in [0.15, 0.2) is 0 Å². The predicted molar refractivity (Wildman–Crippen MR) is 99.2 cm³/mol. The first-order valence-electron chi connectivity index (χ1n) is 7.99. The van der Waals surface area contributed by atoms with Crippen molar-refractivity contribution in [3.63, 3.8) is 0 Å². The van der Waals surface area contributed by atoms with Gasteiger partial charge in [0.05, 0.1) is 13.7 Å². The van der Waals surface area contributed by atoms with E-state index in [0.717, 1.165) is 11.1 Å². The van der Waals surface area contributed by atoms with Crippen LogP contribution in [0.15, 0.2) is 42.5 Å². The van der Waals surface area contributed by atoms with Gasteiger partial charge in [0, 0.05) is 11.4 Å². The number of aryl methyl sites for hydroxylation is 2. The highest BCUT2D eigenvalue weighted by molar-refractivity contribution is 6.39. The van der Waals surface area contributed by atoms with Crippen LogP contribution in [0.25, 0.3) is 0 Å². The fourth-order valence-electron chi connectivity index (χ4n) is 2.36. The average Bonchev–Trinajstić information content (AvgIpc) is 2.59. The number of carbonyl (C=O) groups excluding carboxylic acids is 3. The molecule has 2 rings (SSSR count). The summed E-state index contributed by atoms with van der Waals surface area (Å²) in [6.45, 7) is 3.48. The summed E-state index contributed by atoms with van der Waals surface area (Å²) < 4.78 is 5.03. The fraction of sp³-hybridized carbons (Fsp3) is 0.211. The Balaban J connectivity index is 1.82. The standard InChI is InChI=1S/C19H21N3O4/c1-12-8-13(2)10-15(9-12)22-19(25)18(24)20-11-17(23)21-14-4-6-16(26-3)7-5-14/h4-10H,11H2,1-3H3,(H,20,24)(H,21,23)(H,22,25). The van der Waals surface area contributed by atoms with Crippen LogP contribution < -0.4 is 20.7 Å². The molecule has 0 radical (unpaired) electrons. The van der Waals surface area contributed by atoms with Gasteiger partial charge >= 0.3 is 11.8 Å². The van der Waals surface area contributed by atoms with Crippen LogP contribution in [0, 0.1) is 13.8 Å². The molecule has 0 fully saturated rings. The maximum Gasteiger partial charge on any atom is 0.313 e. The number of carbonyl (C=O) groups is 3. The predicted octanol–water partition coefficient (Wildman–Crippen LogP) is 2.01. The Morgan fingerprint density at radius 1 is 0.846 bits per heavy atom. The number of hydrogen-bond donors (Lipinski definition) is 3. The molecule has 0 aliphatic rings. The molecule has 0 bridgehead atoms. The first-order valence-corrected chi connectivity index (χ1v) is 7.99. The van der Waals surface area contributed by atoms with Crippen molar-refractivity contribution in [1.82, 2.24) is 5.32 Å². The van der Waals surface area contributed by atoms with Crippen LogP contribution in [0.4, 0.5) is 11.4 Å². The Bertz CT molecular complexity index is 796. The molecule has 2 aromatic rings. The fourth-order valence-corrected chi connectivity index (χ4v) is 2.36. The molecule has 0 aliphatic carbocycles. The van der Waals surface area contributed by atoms with E-state index in [9.17, 15) is 14.4 Å². The summed E-state index contributed by atoms with van der Waals surface area (Å²) in [4.78, 5) is 35.6. The van der Waals surface area contributed by atoms with Gasteiger partial charge in [-0.05, 0) is 61.4 Å². The third-order valence-corrected chi connectivity index (χ3v) is 3.47. The molecular formula is C19H21N3O4. The maximum atomic E-state index is 11.9. The molecule has 26 heavy (non-hydrogen) atoms. The molecule has 0 heterocycles. The zero-order chi connectivity index (χ0) is 19.1. The van der Waals surface area contributed by atoms with E-state index in [4.69, 9.17) is 4.74 Å². The molecule has 0 aromatic heterocycles. The summed E-state index contributed by atoms with van der Waals surface area (Å²) in [5, 5.41) is 7.41. The van der Waals surface area contributed by atoms with Crippen molar-refractivity contribution in [2.45, 2.75) is 13.8 Å². The summed E-state index contributed by atoms with van der Waals surface area (Å²) in [6, 6.07) is 12.2. The second kappa shape index (κ2) is 8.66. The number of hydrogen-bond acceptors (Lipinski definition) is 4. The van der Waals surface area contributed by atoms with E-state index in [2.05, 4.69) is 16.0 Å². The monoisotopic (exact) mass is 355 g/mol. The van der Waals surface area contributed by atoms with Gasteiger partial charge in [-0.2, -0.15) is 0 Å². The van der Waals surface area contributed by atoms with Gasteiger partial charge in [-0.25, -0.2) is 0 Å². The Hall–Kier alpha value is -3.35. The van der Waals surface area contributed by atoms with Crippen molar-refractivity contribution in [2.24, 2.45) is 0 Å². The van der Waals surface area contributed by atoms with Crippen LogP contribution in [0.3, 0.4) is 0 Å². The topological polar surface area (TPSA) is 96.5 Å². The lowest BCUT2D eigenvalue weighted by molar-refractivity contribution is -0.136. The third-order valence-electron chi connectivity index (χ3n) is 3.47. The number of benzene rings is 2. The second-order valence-corrected chi connectivity index (χ2v) is 5.79. The van der Waals surface area contributed by atoms with Crippen molar-refractivity contribution < 1.29 is 19.1 Å². The SMILES string of the molecule is COc1ccc(NC(=O)CNC(=O)C(=O)Nc2cc(C)cc(C)c2)cc1. The quantitative estimate of drug-likeness (QED) is 0.715. The zero-order valence-electron chi connectivity index (χ0n) is 14.9. The van der Waals surface area contributed by atoms with Crippen molar-refractivity contribution in [3.05, 3.63) is 53.6 Å². The minimum Gasteiger partial charge on any atom is -0.497 e. The Kier molecular flexibility index (Phi) is 6.32. The van der Waals surface area contributed by atoms with Crippen LogP contribution >= 0.6 is 0 Å². The van der Waals surface area contributed by atoms with E-state index in [1.165, 1.54) is 0 Å². The van der Waals surface area contributed by atoms with E-state index in [0.29, 0.717) is 17.1 Å². The smallest absolute Gasteiger partial charge is 0.313 e. The molecule has 7 heteroatoms. The van der Waals surface area contributed by atoms with E-state index in [-0.39, 0.29) is 6.54 Å². The van der Waals surface area contributed by atoms with Crippen molar-refractivity contribution >= 4 is 29.1 Å². The van der Waals surface area contributed by atoms with Gasteiger partial charge in [-0.1, -0.05) is 6.07 Å². The zero-order valence-corrected chi connectivity index (χ0v) is 14.9. The van der Waals surface area contributed by atoms with Crippen molar-refractivity contribution in [3.8, 4) is 5.75 Å². The molecule has 2 aromatic carbocycles. The summed E-state index contributed by atoms with van der Waals surface area (Å²) in [5.74, 6) is -1.48. The Labute approximate surface area is 151 Å². The lowest BCUT2D eigenvalue weighted by Crippen LogP contribution is -2.39. The van der Waals surface area contributed by atoms with E-state index < -0.39 is 17.7 Å². The molecule has 7 nitrogen and oxygen atoms in total. The molecule has 0 spiro atoms. The van der Waals surface area contributed by atoms with Crippen LogP contribution in [0.2, 0.25) is 0 Å². The largest absolute Gasteiger partial charge is 0.497 e. The lowest BCUT2D eigenvalue weighted by atomic mass is 10.1. The number of rotatable bonds is 5. The number of ether oxygens (including phenoxy) is 1. The highest BCUT2D eigenvalue weighted by Crippen LogP contribution is 2.15. The molecule has 0 aliphatic heterocycles. The lowest BCUT2D eigenvalue weighted by Gasteiger charge is -2.09. The molecule has 0 atom stereocenters. The number of methoxy groups -OCH3 is 1. The minimum atomic E-state index is -0.881. The minimum absolute atomic E-state index is 0.314. The Morgan fingerprint density at radius 2 is 1.46 bits per heavy atom. The number of anilines is 2. The van der Waals surface area contributed by atoms with E-state index >= 15 is 0 Å².